The highest BCUT2D eigenvalue weighted by molar-refractivity contribution is 5.75. The van der Waals surface area contributed by atoms with Crippen LogP contribution in [0.2, 0.25) is 0 Å². The Labute approximate surface area is 121 Å². The van der Waals surface area contributed by atoms with Gasteiger partial charge in [0.05, 0.1) is 17.4 Å². The number of carbonyl (C=O) groups is 2. The quantitative estimate of drug-likeness (QED) is 0.386. The molecule has 0 bridgehead atoms. The Morgan fingerprint density at radius 2 is 1.67 bits per heavy atom. The van der Waals surface area contributed by atoms with Gasteiger partial charge < -0.3 is 14.6 Å². The summed E-state index contributed by atoms with van der Waals surface area (Å²) in [4.78, 5) is 30.2. The molecule has 0 aliphatic rings. The van der Waals surface area contributed by atoms with E-state index < -0.39 is 11.1 Å². The third-order valence-electron chi connectivity index (χ3n) is 2.05. The molecule has 0 fully saturated rings. The Bertz CT molecular complexity index is 502. The summed E-state index contributed by atoms with van der Waals surface area (Å²) in [6.07, 6.45) is -1.45. The van der Waals surface area contributed by atoms with Gasteiger partial charge in [0.2, 0.25) is 0 Å². The van der Waals surface area contributed by atoms with Gasteiger partial charge in [-0.2, -0.15) is 0 Å². The summed E-state index contributed by atoms with van der Waals surface area (Å²) in [5.41, 5.74) is -0.466. The summed E-state index contributed by atoms with van der Waals surface area (Å²) < 4.78 is 8.72. The van der Waals surface area contributed by atoms with Gasteiger partial charge in [-0.1, -0.05) is 0 Å². The van der Waals surface area contributed by atoms with Gasteiger partial charge in [-0.05, 0) is 32.9 Å². The standard InChI is InChI=1S/C7H5NO5.C6H12O2/c9-7(10)13-6-3-1-5(2-4-6)8(11)12;1-6(2,3)5(7)8-4/h1-4H,(H,9,10);1-4H3. The van der Waals surface area contributed by atoms with Gasteiger partial charge in [0.25, 0.3) is 5.69 Å². The molecule has 0 heterocycles. The summed E-state index contributed by atoms with van der Waals surface area (Å²) in [6.45, 7) is 5.45. The van der Waals surface area contributed by atoms with E-state index >= 15 is 0 Å². The monoisotopic (exact) mass is 299 g/mol. The van der Waals surface area contributed by atoms with Gasteiger partial charge in [-0.3, -0.25) is 14.9 Å². The van der Waals surface area contributed by atoms with Gasteiger partial charge in [0.15, 0.2) is 0 Å². The molecular formula is C13H17NO7. The van der Waals surface area contributed by atoms with E-state index in [2.05, 4.69) is 9.47 Å². The Balaban J connectivity index is 0.000000433. The number of hydrogen-bond acceptors (Lipinski definition) is 6. The third kappa shape index (κ3) is 7.51. The average Bonchev–Trinajstić information content (AvgIpc) is 2.37. The molecule has 116 valence electrons. The van der Waals surface area contributed by atoms with Crippen LogP contribution in [0.4, 0.5) is 10.5 Å². The zero-order valence-electron chi connectivity index (χ0n) is 12.2. The van der Waals surface area contributed by atoms with Crippen molar-refractivity contribution in [2.75, 3.05) is 7.11 Å². The lowest BCUT2D eigenvalue weighted by atomic mass is 9.98. The first-order chi connectivity index (χ1) is 9.57. The van der Waals surface area contributed by atoms with Crippen molar-refractivity contribution in [2.45, 2.75) is 20.8 Å². The van der Waals surface area contributed by atoms with Gasteiger partial charge in [0, 0.05) is 12.1 Å². The van der Waals surface area contributed by atoms with Gasteiger partial charge in [0.1, 0.15) is 5.75 Å². The molecule has 1 aromatic carbocycles. The van der Waals surface area contributed by atoms with Gasteiger partial charge in [-0.15, -0.1) is 0 Å². The Morgan fingerprint density at radius 3 is 1.90 bits per heavy atom. The molecule has 21 heavy (non-hydrogen) atoms. The number of non-ortho nitro benzene ring substituents is 1. The van der Waals surface area contributed by atoms with Gasteiger partial charge in [-0.25, -0.2) is 4.79 Å². The molecule has 0 unspecified atom stereocenters. The summed E-state index contributed by atoms with van der Waals surface area (Å²) in [6, 6.07) is 4.76. The van der Waals surface area contributed by atoms with E-state index in [1.807, 2.05) is 20.8 Å². The number of nitrogens with zero attached hydrogens (tertiary/aromatic N) is 1. The normalized spacial score (nSPS) is 9.90. The molecule has 8 nitrogen and oxygen atoms in total. The first-order valence-corrected chi connectivity index (χ1v) is 5.81. The molecular weight excluding hydrogens is 282 g/mol. The van der Waals surface area contributed by atoms with Crippen molar-refractivity contribution in [2.24, 2.45) is 5.41 Å². The second-order valence-corrected chi connectivity index (χ2v) is 4.86. The van der Waals surface area contributed by atoms with Crippen molar-refractivity contribution < 1.29 is 29.1 Å². The van der Waals surface area contributed by atoms with E-state index in [-0.39, 0.29) is 22.8 Å². The first kappa shape index (κ1) is 18.4. The van der Waals surface area contributed by atoms with Crippen LogP contribution in [0, 0.1) is 15.5 Å². The second-order valence-electron chi connectivity index (χ2n) is 4.86. The fourth-order valence-electron chi connectivity index (χ4n) is 1.04. The van der Waals surface area contributed by atoms with Crippen LogP contribution in [-0.2, 0) is 9.53 Å². The van der Waals surface area contributed by atoms with E-state index in [4.69, 9.17) is 5.11 Å². The number of rotatable bonds is 2. The van der Waals surface area contributed by atoms with Crippen LogP contribution < -0.4 is 4.74 Å². The maximum absolute atomic E-state index is 10.6. The minimum absolute atomic E-state index is 0.0538. The van der Waals surface area contributed by atoms with E-state index in [1.165, 1.54) is 19.2 Å². The van der Waals surface area contributed by atoms with Crippen LogP contribution in [0.3, 0.4) is 0 Å². The highest BCUT2D eigenvalue weighted by Crippen LogP contribution is 2.17. The zero-order chi connectivity index (χ0) is 16.6. The van der Waals surface area contributed by atoms with Crippen molar-refractivity contribution in [3.8, 4) is 5.75 Å². The second kappa shape index (κ2) is 7.83. The van der Waals surface area contributed by atoms with Crippen molar-refractivity contribution >= 4 is 17.8 Å². The predicted molar refractivity (Wildman–Crippen MR) is 73.2 cm³/mol. The lowest BCUT2D eigenvalue weighted by Gasteiger charge is -2.13. The maximum atomic E-state index is 10.6. The molecule has 1 N–H and O–H groups in total. The number of carbonyl (C=O) groups excluding carboxylic acids is 1. The predicted octanol–water partition coefficient (Wildman–Crippen LogP) is 2.86. The number of nitro groups is 1. The summed E-state index contributed by atoms with van der Waals surface area (Å²) in [5, 5.41) is 18.4. The minimum Gasteiger partial charge on any atom is -0.469 e. The van der Waals surface area contributed by atoms with E-state index in [9.17, 15) is 19.7 Å². The van der Waals surface area contributed by atoms with Crippen LogP contribution in [0.25, 0.3) is 0 Å². The van der Waals surface area contributed by atoms with Crippen LogP contribution in [0.1, 0.15) is 20.8 Å². The maximum Gasteiger partial charge on any atom is 0.511 e. The Hall–Kier alpha value is -2.64. The van der Waals surface area contributed by atoms with Crippen LogP contribution >= 0.6 is 0 Å². The lowest BCUT2D eigenvalue weighted by Crippen LogP contribution is -2.21. The number of hydrogen-bond donors (Lipinski definition) is 1. The minimum atomic E-state index is -1.45. The fraction of sp³-hybridized carbons (Fsp3) is 0.385. The molecule has 0 spiro atoms. The molecule has 0 radical (unpaired) electrons. The number of benzene rings is 1. The molecule has 0 amide bonds. The summed E-state index contributed by atoms with van der Waals surface area (Å²) >= 11 is 0. The number of ether oxygens (including phenoxy) is 2. The van der Waals surface area contributed by atoms with Crippen molar-refractivity contribution in [3.05, 3.63) is 34.4 Å². The van der Waals surface area contributed by atoms with Crippen molar-refractivity contribution in [1.29, 1.82) is 0 Å². The molecule has 0 aliphatic carbocycles. The van der Waals surface area contributed by atoms with Crippen LogP contribution in [-0.4, -0.2) is 29.3 Å². The number of nitro benzene ring substituents is 1. The average molecular weight is 299 g/mol. The van der Waals surface area contributed by atoms with E-state index in [0.717, 1.165) is 12.1 Å². The largest absolute Gasteiger partial charge is 0.511 e. The number of carboxylic acid groups (broad SMARTS) is 1. The Kier molecular flexibility index (Phi) is 6.85. The van der Waals surface area contributed by atoms with Gasteiger partial charge >= 0.3 is 12.1 Å². The molecule has 1 aromatic rings. The number of methoxy groups -OCH3 is 1. The van der Waals surface area contributed by atoms with E-state index in [0.29, 0.717) is 0 Å². The number of esters is 1. The molecule has 0 aliphatic heterocycles. The highest BCUT2D eigenvalue weighted by atomic mass is 16.7. The smallest absolute Gasteiger partial charge is 0.469 e. The van der Waals surface area contributed by atoms with Crippen LogP contribution in [0.5, 0.6) is 5.75 Å². The zero-order valence-corrected chi connectivity index (χ0v) is 12.2. The highest BCUT2D eigenvalue weighted by Gasteiger charge is 2.21. The summed E-state index contributed by atoms with van der Waals surface area (Å²) in [5.74, 6) is -0.115. The Morgan fingerprint density at radius 1 is 1.19 bits per heavy atom. The first-order valence-electron chi connectivity index (χ1n) is 5.81. The molecule has 0 aromatic heterocycles. The van der Waals surface area contributed by atoms with E-state index in [1.54, 1.807) is 0 Å². The topological polar surface area (TPSA) is 116 Å². The lowest BCUT2D eigenvalue weighted by molar-refractivity contribution is -0.384. The van der Waals surface area contributed by atoms with Crippen molar-refractivity contribution in [1.82, 2.24) is 0 Å². The third-order valence-corrected chi connectivity index (χ3v) is 2.05. The molecule has 1 rings (SSSR count). The van der Waals surface area contributed by atoms with Crippen LogP contribution in [0.15, 0.2) is 24.3 Å². The fourth-order valence-corrected chi connectivity index (χ4v) is 1.04. The van der Waals surface area contributed by atoms with Crippen molar-refractivity contribution in [3.63, 3.8) is 0 Å². The molecule has 8 heteroatoms. The SMILES string of the molecule is COC(=O)C(C)(C)C.O=C(O)Oc1ccc([N+](=O)[O-])cc1. The summed E-state index contributed by atoms with van der Waals surface area (Å²) in [7, 11) is 1.40. The molecule has 0 atom stereocenters. The molecule has 0 saturated carbocycles. The molecule has 0 saturated heterocycles.